The first-order valence-corrected chi connectivity index (χ1v) is 10.5. The van der Waals surface area contributed by atoms with Crippen molar-refractivity contribution in [1.29, 1.82) is 0 Å². The third-order valence-corrected chi connectivity index (χ3v) is 7.02. The van der Waals surface area contributed by atoms with Gasteiger partial charge in [-0.05, 0) is 0 Å². The van der Waals surface area contributed by atoms with Gasteiger partial charge in [-0.1, -0.05) is 5.92 Å². The predicted molar refractivity (Wildman–Crippen MR) is 77.7 cm³/mol. The minimum absolute atomic E-state index is 0.645. The van der Waals surface area contributed by atoms with E-state index in [0.29, 0.717) is 7.11 Å². The quantitative estimate of drug-likeness (QED) is 0.225. The first-order valence-electron chi connectivity index (χ1n) is 6.05. The average molecular weight is 424 g/mol. The van der Waals surface area contributed by atoms with Crippen LogP contribution in [0.2, 0.25) is 0 Å². The van der Waals surface area contributed by atoms with Gasteiger partial charge in [0, 0.05) is 7.11 Å². The number of alkyl halides is 1. The molecule has 7 atom stereocenters. The van der Waals surface area contributed by atoms with Crippen molar-refractivity contribution in [2.45, 2.75) is 23.9 Å². The Morgan fingerprint density at radius 1 is 1.24 bits per heavy atom. The smallest absolute Gasteiger partial charge is 0.386 e. The predicted octanol–water partition coefficient (Wildman–Crippen LogP) is -0.420. The van der Waals surface area contributed by atoms with Gasteiger partial charge >= 0.3 is 23.5 Å². The van der Waals surface area contributed by atoms with E-state index in [2.05, 4.69) is 17.7 Å². The molecule has 0 bridgehead atoms. The molecule has 0 amide bonds. The lowest BCUT2D eigenvalue weighted by Crippen LogP contribution is -2.43. The summed E-state index contributed by atoms with van der Waals surface area (Å²) < 4.78 is 68.2. The zero-order chi connectivity index (χ0) is 19.7. The number of terminal acetylenes is 1. The second-order valence-corrected chi connectivity index (χ2v) is 9.24. The molecular formula is C8H13BFO12P3. The molecular weight excluding hydrogens is 411 g/mol. The minimum Gasteiger partial charge on any atom is -0.386 e. The molecule has 12 nitrogen and oxygen atoms in total. The number of hydrogen-bond acceptors (Lipinski definition) is 9. The number of phosphoric ester groups is 2. The molecule has 0 aliphatic carbocycles. The van der Waals surface area contributed by atoms with Crippen molar-refractivity contribution in [2.75, 3.05) is 13.7 Å². The first kappa shape index (κ1) is 22.9. The normalized spacial score (nSPS) is 36.8. The third kappa shape index (κ3) is 5.94. The lowest BCUT2D eigenvalue weighted by atomic mass is 9.82. The molecule has 0 aromatic heterocycles. The summed E-state index contributed by atoms with van der Waals surface area (Å²) in [4.78, 5) is 27.3. The van der Waals surface area contributed by atoms with E-state index >= 15 is 0 Å². The Morgan fingerprint density at radius 3 is 2.20 bits per heavy atom. The van der Waals surface area contributed by atoms with Gasteiger partial charge < -0.3 is 24.5 Å². The maximum atomic E-state index is 14.1. The van der Waals surface area contributed by atoms with Crippen LogP contribution in [0.5, 0.6) is 0 Å². The number of ether oxygens (including phenoxy) is 1. The summed E-state index contributed by atoms with van der Waals surface area (Å²) in [5.41, 5.74) is -2.80. The van der Waals surface area contributed by atoms with Crippen LogP contribution in [0.25, 0.3) is 0 Å². The molecule has 2 radical (unpaired) electrons. The lowest BCUT2D eigenvalue weighted by Gasteiger charge is -2.21. The second-order valence-electron chi connectivity index (χ2n) is 4.50. The Bertz CT molecular complexity index is 682. The first-order chi connectivity index (χ1) is 11.2. The summed E-state index contributed by atoms with van der Waals surface area (Å²) in [6, 6.07) is -1.77. The van der Waals surface area contributed by atoms with Gasteiger partial charge in [-0.15, -0.1) is 6.42 Å². The van der Waals surface area contributed by atoms with Crippen LogP contribution in [-0.4, -0.2) is 65.2 Å². The molecule has 1 fully saturated rings. The van der Waals surface area contributed by atoms with Gasteiger partial charge in [0.05, 0.1) is 12.6 Å². The second kappa shape index (κ2) is 7.86. The molecule has 142 valence electrons. The van der Waals surface area contributed by atoms with Crippen molar-refractivity contribution in [3.8, 4) is 12.3 Å². The Morgan fingerprint density at radius 2 is 1.76 bits per heavy atom. The molecule has 17 heteroatoms. The van der Waals surface area contributed by atoms with Crippen molar-refractivity contribution in [2.24, 2.45) is 0 Å². The summed E-state index contributed by atoms with van der Waals surface area (Å²) in [5, 5.41) is 9.66. The van der Waals surface area contributed by atoms with Gasteiger partial charge in [-0.3, -0.25) is 9.05 Å². The number of aliphatic hydroxyl groups excluding tert-OH is 1. The number of phosphoric acid groups is 3. The van der Waals surface area contributed by atoms with Crippen molar-refractivity contribution >= 4 is 31.3 Å². The van der Waals surface area contributed by atoms with Crippen LogP contribution in [0.3, 0.4) is 0 Å². The molecule has 1 saturated heterocycles. The zero-order valence-corrected chi connectivity index (χ0v) is 15.1. The van der Waals surface area contributed by atoms with E-state index < -0.39 is 54.0 Å². The third-order valence-electron chi connectivity index (χ3n) is 2.78. The van der Waals surface area contributed by atoms with Gasteiger partial charge in [0.2, 0.25) is 5.67 Å². The molecule has 0 spiro atoms. The van der Waals surface area contributed by atoms with E-state index in [1.54, 1.807) is 5.92 Å². The highest BCUT2D eigenvalue weighted by Crippen LogP contribution is 2.67. The van der Waals surface area contributed by atoms with Gasteiger partial charge in [0.25, 0.3) is 0 Å². The molecule has 1 aliphatic rings. The van der Waals surface area contributed by atoms with Crippen LogP contribution in [0.4, 0.5) is 4.39 Å². The fraction of sp³-hybridized carbons (Fsp3) is 0.750. The Hall–Kier alpha value is -0.115. The van der Waals surface area contributed by atoms with Gasteiger partial charge in [-0.2, -0.15) is 8.62 Å². The Kier molecular flexibility index (Phi) is 7.21. The van der Waals surface area contributed by atoms with Crippen LogP contribution in [0.15, 0.2) is 0 Å². The van der Waals surface area contributed by atoms with E-state index in [9.17, 15) is 28.1 Å². The fourth-order valence-corrected chi connectivity index (χ4v) is 4.86. The Balaban J connectivity index is 2.71. The van der Waals surface area contributed by atoms with Crippen molar-refractivity contribution in [1.82, 2.24) is 0 Å². The van der Waals surface area contributed by atoms with Crippen molar-refractivity contribution in [3.05, 3.63) is 0 Å². The van der Waals surface area contributed by atoms with Gasteiger partial charge in [-0.25, -0.2) is 18.1 Å². The van der Waals surface area contributed by atoms with Gasteiger partial charge in [0.1, 0.15) is 20.1 Å². The molecule has 0 aromatic rings. The maximum Gasteiger partial charge on any atom is 0.490 e. The molecule has 0 saturated carbocycles. The largest absolute Gasteiger partial charge is 0.490 e. The molecule has 1 aliphatic heterocycles. The molecule has 4 N–H and O–H groups in total. The lowest BCUT2D eigenvalue weighted by molar-refractivity contribution is -0.00795. The molecule has 25 heavy (non-hydrogen) atoms. The monoisotopic (exact) mass is 424 g/mol. The van der Waals surface area contributed by atoms with Crippen LogP contribution in [0.1, 0.15) is 0 Å². The molecule has 0 aromatic carbocycles. The summed E-state index contributed by atoms with van der Waals surface area (Å²) in [5.74, 6) is 1.58. The zero-order valence-electron chi connectivity index (χ0n) is 12.4. The summed E-state index contributed by atoms with van der Waals surface area (Å²) in [7, 11) is -10.1. The summed E-state index contributed by atoms with van der Waals surface area (Å²) >= 11 is 0. The molecule has 4 unspecified atom stereocenters. The van der Waals surface area contributed by atoms with Crippen LogP contribution < -0.4 is 0 Å². The maximum absolute atomic E-state index is 14.1. The van der Waals surface area contributed by atoms with E-state index in [1.165, 1.54) is 0 Å². The van der Waals surface area contributed by atoms with E-state index in [-0.39, 0.29) is 0 Å². The molecule has 1 rings (SSSR count). The van der Waals surface area contributed by atoms with E-state index in [0.717, 1.165) is 0 Å². The topological polar surface area (TPSA) is 178 Å². The highest BCUT2D eigenvalue weighted by atomic mass is 31.3. The van der Waals surface area contributed by atoms with Crippen LogP contribution in [-0.2, 0) is 36.1 Å². The Labute approximate surface area is 142 Å². The van der Waals surface area contributed by atoms with Gasteiger partial charge in [0.15, 0.2) is 0 Å². The minimum atomic E-state index is -5.58. The highest BCUT2D eigenvalue weighted by molar-refractivity contribution is 7.66. The van der Waals surface area contributed by atoms with Crippen molar-refractivity contribution in [3.63, 3.8) is 0 Å². The van der Waals surface area contributed by atoms with Crippen LogP contribution in [0, 0.1) is 12.3 Å². The van der Waals surface area contributed by atoms with E-state index in [1.807, 2.05) is 0 Å². The molecule has 1 heterocycles. The highest BCUT2D eigenvalue weighted by Gasteiger charge is 2.54. The van der Waals surface area contributed by atoms with E-state index in [4.69, 9.17) is 28.8 Å². The summed E-state index contributed by atoms with van der Waals surface area (Å²) in [6.07, 6.45) is 1.22. The number of hydrogen-bond donors (Lipinski definition) is 4. The number of rotatable bonds is 8. The fourth-order valence-electron chi connectivity index (χ4n) is 1.60. The SMILES string of the molecule is [B][C@@H]1O[C@H](COP(=O)(O)OP(=O)(O)OP(=O)(O)OC)[C@H](O)C1(F)C#C. The van der Waals surface area contributed by atoms with Crippen LogP contribution >= 0.6 is 23.5 Å². The standard InChI is InChI=1S/C8H13BFO12P3/c1-3-8(10)6(11)5(20-7(8)9)4-19-24(14,15)22-25(16,17)21-23(12,13)18-2/h1,5-7,11H,4H2,2H3,(H,12,13)(H,14,15)(H,16,17)/t5-,6+,7-,8?/m1/s1. The van der Waals surface area contributed by atoms with Crippen molar-refractivity contribution < 1.29 is 60.3 Å². The average Bonchev–Trinajstić information content (AvgIpc) is 2.67. The number of halogens is 1. The summed E-state index contributed by atoms with van der Waals surface area (Å²) in [6.45, 7) is -1.04. The number of aliphatic hydroxyl groups is 1.